The summed E-state index contributed by atoms with van der Waals surface area (Å²) in [7, 11) is 2.61. The number of aromatic hydroxyl groups is 2. The van der Waals surface area contributed by atoms with Gasteiger partial charge in [0, 0.05) is 65.8 Å². The molecule has 5 N–H and O–H groups in total. The summed E-state index contributed by atoms with van der Waals surface area (Å²) in [5.74, 6) is -6.87. The minimum absolute atomic E-state index is 0.0620. The van der Waals surface area contributed by atoms with Crippen molar-refractivity contribution in [2.24, 2.45) is 23.5 Å². The maximum Gasteiger partial charge on any atom is 0.313 e. The highest BCUT2D eigenvalue weighted by molar-refractivity contribution is 6.30. The van der Waals surface area contributed by atoms with E-state index in [0.717, 1.165) is 18.2 Å². The lowest BCUT2D eigenvalue weighted by molar-refractivity contribution is -0.144. The summed E-state index contributed by atoms with van der Waals surface area (Å²) in [4.78, 5) is 96.4. The minimum atomic E-state index is -1.30. The molecule has 1 aliphatic rings. The van der Waals surface area contributed by atoms with Crippen molar-refractivity contribution in [1.82, 2.24) is 10.2 Å². The molecule has 4 aromatic rings. The molecule has 5 atom stereocenters. The van der Waals surface area contributed by atoms with Gasteiger partial charge in [-0.1, -0.05) is 80.4 Å². The molecule has 2 amide bonds. The van der Waals surface area contributed by atoms with E-state index >= 15 is 0 Å². The molecular weight excluding hydrogens is 826 g/mol. The van der Waals surface area contributed by atoms with Crippen molar-refractivity contribution in [3.63, 3.8) is 0 Å². The second-order valence-electron chi connectivity index (χ2n) is 16.3. The summed E-state index contributed by atoms with van der Waals surface area (Å²) >= 11 is 6.05. The van der Waals surface area contributed by atoms with Crippen LogP contribution >= 0.6 is 11.6 Å². The second-order valence-corrected chi connectivity index (χ2v) is 16.7. The first-order valence-electron chi connectivity index (χ1n) is 21.0. The number of phenolic OH excluding ortho intramolecular Hbond substituents is 2. The van der Waals surface area contributed by atoms with Gasteiger partial charge in [-0.25, -0.2) is 0 Å². The fourth-order valence-electron chi connectivity index (χ4n) is 7.83. The first kappa shape index (κ1) is 47.9. The van der Waals surface area contributed by atoms with E-state index in [1.165, 1.54) is 50.1 Å². The summed E-state index contributed by atoms with van der Waals surface area (Å²) in [5.41, 5.74) is 9.09. The molecule has 0 saturated carbocycles. The maximum atomic E-state index is 14.6. The van der Waals surface area contributed by atoms with Gasteiger partial charge in [0.15, 0.2) is 17.3 Å². The Kier molecular flexibility index (Phi) is 16.5. The van der Waals surface area contributed by atoms with Gasteiger partial charge >= 0.3 is 5.97 Å². The van der Waals surface area contributed by atoms with Gasteiger partial charge < -0.3 is 30.9 Å². The third kappa shape index (κ3) is 12.3. The zero-order chi connectivity index (χ0) is 46.0. The lowest BCUT2D eigenvalue weighted by atomic mass is 9.87. The normalized spacial score (nSPS) is 17.4. The van der Waals surface area contributed by atoms with Gasteiger partial charge in [-0.15, -0.1) is 0 Å². The third-order valence-corrected chi connectivity index (χ3v) is 11.9. The predicted octanol–water partition coefficient (Wildman–Crippen LogP) is 6.97. The third-order valence-electron chi connectivity index (χ3n) is 11.6. The summed E-state index contributed by atoms with van der Waals surface area (Å²) in [6.45, 7) is 3.40. The monoisotopic (exact) mass is 879 g/mol. The van der Waals surface area contributed by atoms with Gasteiger partial charge in [0.2, 0.25) is 11.8 Å². The SMILES string of the molecule is COC(=O)CC(=O)[C@H](C)CC(=O)[C@@H]1Cc2ccc(O)c(c2)-c2cc(ccc2O)[C@H](N(C)C(=O)[C@H](CCCCN)CC(=O)c2ccc(-c3ccc(Cl)cc3)cc2)C(=O)C[C@@H](C)C(=O)N1. The predicted molar refractivity (Wildman–Crippen MR) is 238 cm³/mol. The maximum absolute atomic E-state index is 14.6. The van der Waals surface area contributed by atoms with Crippen LogP contribution in [0.3, 0.4) is 0 Å². The first-order chi connectivity index (χ1) is 30.0. The van der Waals surface area contributed by atoms with Crippen molar-refractivity contribution < 1.29 is 48.5 Å². The number of nitrogens with one attached hydrogen (secondary N) is 1. The lowest BCUT2D eigenvalue weighted by Gasteiger charge is -2.32. The molecule has 1 heterocycles. The number of nitrogens with two attached hydrogens (primary N) is 1. The summed E-state index contributed by atoms with van der Waals surface area (Å²) in [6, 6.07) is 20.7. The number of carbonyl (C=O) groups excluding carboxylic acids is 7. The zero-order valence-electron chi connectivity index (χ0n) is 35.9. The molecule has 14 heteroatoms. The number of Topliss-reactive ketones (excluding diaryl/α,β-unsaturated/α-hetero) is 4. The van der Waals surface area contributed by atoms with Gasteiger partial charge in [0.25, 0.3) is 0 Å². The van der Waals surface area contributed by atoms with Crippen molar-refractivity contribution in [3.8, 4) is 33.8 Å². The molecule has 0 spiro atoms. The molecule has 1 aliphatic heterocycles. The fraction of sp³-hybridized carbons (Fsp3) is 0.367. The molecule has 332 valence electrons. The topological polar surface area (TPSA) is 210 Å². The number of rotatable bonds is 16. The number of halogens is 1. The van der Waals surface area contributed by atoms with E-state index in [9.17, 15) is 43.8 Å². The number of ketones is 4. The Morgan fingerprint density at radius 3 is 2.11 bits per heavy atom. The highest BCUT2D eigenvalue weighted by atomic mass is 35.5. The zero-order valence-corrected chi connectivity index (χ0v) is 36.7. The van der Waals surface area contributed by atoms with Crippen molar-refractivity contribution in [1.29, 1.82) is 0 Å². The summed E-state index contributed by atoms with van der Waals surface area (Å²) in [5, 5.41) is 25.6. The highest BCUT2D eigenvalue weighted by Gasteiger charge is 2.36. The van der Waals surface area contributed by atoms with Crippen LogP contribution in [-0.2, 0) is 39.9 Å². The van der Waals surface area contributed by atoms with E-state index in [0.29, 0.717) is 47.5 Å². The minimum Gasteiger partial charge on any atom is -0.507 e. The van der Waals surface area contributed by atoms with Crippen LogP contribution in [0.1, 0.15) is 86.3 Å². The van der Waals surface area contributed by atoms with Gasteiger partial charge in [-0.05, 0) is 84.5 Å². The van der Waals surface area contributed by atoms with Crippen LogP contribution in [0.2, 0.25) is 5.02 Å². The Bertz CT molecular complexity index is 2350. The molecule has 0 radical (unpaired) electrons. The molecular formula is C49H54ClN3O10. The van der Waals surface area contributed by atoms with Crippen LogP contribution in [0.5, 0.6) is 11.5 Å². The number of likely N-dealkylation sites (N-methyl/N-ethyl adjacent to an activating group) is 1. The van der Waals surface area contributed by atoms with Crippen molar-refractivity contribution in [2.75, 3.05) is 20.7 Å². The number of amides is 2. The number of benzene rings is 4. The molecule has 0 fully saturated rings. The fourth-order valence-corrected chi connectivity index (χ4v) is 7.96. The molecule has 5 rings (SSSR count). The Morgan fingerprint density at radius 1 is 0.857 bits per heavy atom. The number of carbonyl (C=O) groups is 7. The van der Waals surface area contributed by atoms with Crippen LogP contribution in [-0.4, -0.2) is 82.8 Å². The number of unbranched alkanes of at least 4 members (excludes halogenated alkanes) is 1. The number of nitrogens with zero attached hydrogens (tertiary/aromatic N) is 1. The molecule has 4 bridgehead atoms. The number of hydrogen-bond acceptors (Lipinski definition) is 11. The Labute approximate surface area is 372 Å². The van der Waals surface area contributed by atoms with E-state index in [1.54, 1.807) is 36.4 Å². The van der Waals surface area contributed by atoms with Crippen molar-refractivity contribution in [3.05, 3.63) is 107 Å². The number of phenols is 2. The molecule has 13 nitrogen and oxygen atoms in total. The van der Waals surface area contributed by atoms with Gasteiger partial charge in [-0.2, -0.15) is 0 Å². The molecule has 0 aromatic heterocycles. The van der Waals surface area contributed by atoms with E-state index < -0.39 is 71.4 Å². The number of hydrogen-bond donors (Lipinski definition) is 4. The van der Waals surface area contributed by atoms with Crippen LogP contribution in [0, 0.1) is 17.8 Å². The van der Waals surface area contributed by atoms with E-state index in [-0.39, 0.29) is 54.1 Å². The smallest absolute Gasteiger partial charge is 0.313 e. The molecule has 0 unspecified atom stereocenters. The van der Waals surface area contributed by atoms with Crippen molar-refractivity contribution in [2.45, 2.75) is 77.3 Å². The Morgan fingerprint density at radius 2 is 1.48 bits per heavy atom. The Hall–Kier alpha value is -6.18. The average molecular weight is 880 g/mol. The first-order valence-corrected chi connectivity index (χ1v) is 21.3. The van der Waals surface area contributed by atoms with E-state index in [1.807, 2.05) is 24.3 Å². The van der Waals surface area contributed by atoms with E-state index in [2.05, 4.69) is 10.1 Å². The van der Waals surface area contributed by atoms with E-state index in [4.69, 9.17) is 17.3 Å². The van der Waals surface area contributed by atoms with Crippen LogP contribution in [0.15, 0.2) is 84.9 Å². The summed E-state index contributed by atoms with van der Waals surface area (Å²) < 4.78 is 4.59. The molecule has 4 aromatic carbocycles. The van der Waals surface area contributed by atoms with Crippen LogP contribution < -0.4 is 11.1 Å². The van der Waals surface area contributed by atoms with Crippen molar-refractivity contribution >= 4 is 52.5 Å². The standard InChI is InChI=1S/C49H54ClN3O10/c1-28(42(56)27-46(60)63-4)21-44(58)39-24-30-8-18-40(54)37(23-30)38-25-34(15-19-41(38)55)47(45(59)22-29(2)48(61)52-39)53(3)49(62)35(7-5-6-20-51)26-43(57)33-11-9-31(10-12-33)32-13-16-36(50)17-14-32/h8-19,23,25,28-29,35,39,47,54-55H,5-7,20-22,24,26-27,51H2,1-4H3,(H,52,61)/t28-,29-,35-,39+,47+/m1/s1. The van der Waals surface area contributed by atoms with Crippen LogP contribution in [0.4, 0.5) is 0 Å². The largest absolute Gasteiger partial charge is 0.507 e. The van der Waals surface area contributed by atoms with Gasteiger partial charge in [-0.3, -0.25) is 33.6 Å². The summed E-state index contributed by atoms with van der Waals surface area (Å²) in [6.07, 6.45) is 0.0308. The lowest BCUT2D eigenvalue weighted by Crippen LogP contribution is -2.46. The molecule has 63 heavy (non-hydrogen) atoms. The van der Waals surface area contributed by atoms with Crippen LogP contribution in [0.25, 0.3) is 22.3 Å². The second kappa shape index (κ2) is 21.8. The van der Waals surface area contributed by atoms with Gasteiger partial charge in [0.1, 0.15) is 29.7 Å². The quantitative estimate of drug-likeness (QED) is 0.0391. The Balaban J connectivity index is 1.48. The number of methoxy groups -OCH3 is 1. The highest BCUT2D eigenvalue weighted by Crippen LogP contribution is 2.40. The molecule has 0 saturated heterocycles. The number of fused-ring (bicyclic) bond motifs is 5. The molecule has 0 aliphatic carbocycles. The average Bonchev–Trinajstić information content (AvgIpc) is 3.26. The van der Waals surface area contributed by atoms with Gasteiger partial charge in [0.05, 0.1) is 13.2 Å². The number of ether oxygens (including phenoxy) is 1. The number of esters is 1.